The molecule has 0 atom stereocenters. The Hall–Kier alpha value is -2.83. The number of esters is 1. The van der Waals surface area contributed by atoms with E-state index < -0.39 is 24.5 Å². The van der Waals surface area contributed by atoms with Gasteiger partial charge < -0.3 is 14.8 Å². The average molecular weight is 318 g/mol. The van der Waals surface area contributed by atoms with Gasteiger partial charge >= 0.3 is 12.0 Å². The molecule has 1 saturated carbocycles. The molecule has 0 heterocycles. The second-order valence-electron chi connectivity index (χ2n) is 4.98. The van der Waals surface area contributed by atoms with Crippen LogP contribution in [0, 0.1) is 0 Å². The van der Waals surface area contributed by atoms with Crippen LogP contribution < -0.4 is 15.4 Å². The van der Waals surface area contributed by atoms with Gasteiger partial charge in [-0.3, -0.25) is 10.1 Å². The third-order valence-corrected chi connectivity index (χ3v) is 3.05. The van der Waals surface area contributed by atoms with Gasteiger partial charge in [0.2, 0.25) is 0 Å². The predicted octanol–water partition coefficient (Wildman–Crippen LogP) is 1.24. The van der Waals surface area contributed by atoms with E-state index in [0.29, 0.717) is 11.3 Å². The molecular formula is C16H18N2O5. The van der Waals surface area contributed by atoms with Crippen molar-refractivity contribution in [3.05, 3.63) is 35.9 Å². The zero-order chi connectivity index (χ0) is 16.7. The van der Waals surface area contributed by atoms with Crippen molar-refractivity contribution >= 4 is 24.0 Å². The molecule has 1 aromatic carbocycles. The summed E-state index contributed by atoms with van der Waals surface area (Å²) in [5, 5.41) is 4.68. The smallest absolute Gasteiger partial charge is 0.331 e. The van der Waals surface area contributed by atoms with Crippen LogP contribution in [-0.2, 0) is 14.3 Å². The Kier molecular flexibility index (Phi) is 5.74. The van der Waals surface area contributed by atoms with E-state index in [1.165, 1.54) is 19.3 Å². The van der Waals surface area contributed by atoms with Crippen molar-refractivity contribution < 1.29 is 23.9 Å². The number of hydrogen-bond donors (Lipinski definition) is 2. The lowest BCUT2D eigenvalue weighted by molar-refractivity contribution is -0.143. The van der Waals surface area contributed by atoms with Crippen LogP contribution >= 0.6 is 0 Å². The van der Waals surface area contributed by atoms with E-state index in [2.05, 4.69) is 10.6 Å². The molecule has 2 N–H and O–H groups in total. The second-order valence-corrected chi connectivity index (χ2v) is 4.98. The number of urea groups is 1. The molecule has 7 nitrogen and oxygen atoms in total. The van der Waals surface area contributed by atoms with Gasteiger partial charge in [0.1, 0.15) is 5.75 Å². The summed E-state index contributed by atoms with van der Waals surface area (Å²) in [5.74, 6) is -0.748. The summed E-state index contributed by atoms with van der Waals surface area (Å²) in [5.41, 5.74) is 0.709. The SMILES string of the molecule is COc1ccccc1/C=C/C(=O)OCC(=O)NC(=O)NC1CC1. The molecule has 0 spiro atoms. The average Bonchev–Trinajstić information content (AvgIpc) is 3.34. The minimum Gasteiger partial charge on any atom is -0.496 e. The van der Waals surface area contributed by atoms with Gasteiger partial charge in [-0.2, -0.15) is 0 Å². The summed E-state index contributed by atoms with van der Waals surface area (Å²) >= 11 is 0. The van der Waals surface area contributed by atoms with E-state index in [0.717, 1.165) is 12.8 Å². The topological polar surface area (TPSA) is 93.7 Å². The first-order chi connectivity index (χ1) is 11.1. The summed E-state index contributed by atoms with van der Waals surface area (Å²) in [4.78, 5) is 34.3. The zero-order valence-electron chi connectivity index (χ0n) is 12.7. The molecule has 0 bridgehead atoms. The Bertz CT molecular complexity index is 623. The van der Waals surface area contributed by atoms with E-state index in [-0.39, 0.29) is 6.04 Å². The van der Waals surface area contributed by atoms with E-state index >= 15 is 0 Å². The monoisotopic (exact) mass is 318 g/mol. The highest BCUT2D eigenvalue weighted by Gasteiger charge is 2.23. The number of amides is 3. The highest BCUT2D eigenvalue weighted by molar-refractivity contribution is 5.96. The van der Waals surface area contributed by atoms with Crippen LogP contribution in [0.4, 0.5) is 4.79 Å². The molecule has 1 fully saturated rings. The van der Waals surface area contributed by atoms with Crippen LogP contribution in [0.2, 0.25) is 0 Å². The Morgan fingerprint density at radius 3 is 2.70 bits per heavy atom. The van der Waals surface area contributed by atoms with Crippen LogP contribution in [0.15, 0.2) is 30.3 Å². The predicted molar refractivity (Wildman–Crippen MR) is 82.7 cm³/mol. The molecule has 23 heavy (non-hydrogen) atoms. The Morgan fingerprint density at radius 1 is 1.26 bits per heavy atom. The normalized spacial score (nSPS) is 13.4. The Morgan fingerprint density at radius 2 is 2.00 bits per heavy atom. The third-order valence-electron chi connectivity index (χ3n) is 3.05. The molecule has 0 saturated heterocycles. The molecular weight excluding hydrogens is 300 g/mol. The summed E-state index contributed by atoms with van der Waals surface area (Å²) in [6, 6.07) is 6.73. The number of ether oxygens (including phenoxy) is 2. The molecule has 1 aromatic rings. The molecule has 2 rings (SSSR count). The molecule has 0 unspecified atom stereocenters. The maximum Gasteiger partial charge on any atom is 0.331 e. The first-order valence-electron chi connectivity index (χ1n) is 7.16. The fraction of sp³-hybridized carbons (Fsp3) is 0.312. The van der Waals surface area contributed by atoms with Gasteiger partial charge in [-0.1, -0.05) is 18.2 Å². The third kappa shape index (κ3) is 5.82. The van der Waals surface area contributed by atoms with E-state index in [4.69, 9.17) is 9.47 Å². The number of methoxy groups -OCH3 is 1. The van der Waals surface area contributed by atoms with Crippen molar-refractivity contribution in [2.75, 3.05) is 13.7 Å². The van der Waals surface area contributed by atoms with Crippen LogP contribution in [-0.4, -0.2) is 37.7 Å². The molecule has 0 aromatic heterocycles. The van der Waals surface area contributed by atoms with Crippen molar-refractivity contribution in [1.82, 2.24) is 10.6 Å². The highest BCUT2D eigenvalue weighted by Crippen LogP contribution is 2.19. The van der Waals surface area contributed by atoms with Gasteiger partial charge in [0.05, 0.1) is 7.11 Å². The summed E-state index contributed by atoms with van der Waals surface area (Å²) < 4.78 is 9.91. The van der Waals surface area contributed by atoms with Gasteiger partial charge in [0, 0.05) is 17.7 Å². The van der Waals surface area contributed by atoms with Crippen molar-refractivity contribution in [3.63, 3.8) is 0 Å². The lowest BCUT2D eigenvalue weighted by Gasteiger charge is -2.05. The van der Waals surface area contributed by atoms with Gasteiger partial charge in [-0.15, -0.1) is 0 Å². The van der Waals surface area contributed by atoms with E-state index in [1.807, 2.05) is 6.07 Å². The quantitative estimate of drug-likeness (QED) is 0.608. The number of nitrogens with one attached hydrogen (secondary N) is 2. The molecule has 0 radical (unpaired) electrons. The molecule has 1 aliphatic rings. The van der Waals surface area contributed by atoms with Crippen molar-refractivity contribution in [2.45, 2.75) is 18.9 Å². The van der Waals surface area contributed by atoms with Crippen LogP contribution in [0.5, 0.6) is 5.75 Å². The Labute approximate surface area is 133 Å². The highest BCUT2D eigenvalue weighted by atomic mass is 16.5. The number of carbonyl (C=O) groups excluding carboxylic acids is 3. The minimum absolute atomic E-state index is 0.147. The fourth-order valence-electron chi connectivity index (χ4n) is 1.76. The van der Waals surface area contributed by atoms with Crippen LogP contribution in [0.1, 0.15) is 18.4 Å². The maximum absolute atomic E-state index is 11.6. The van der Waals surface area contributed by atoms with Crippen molar-refractivity contribution in [3.8, 4) is 5.75 Å². The van der Waals surface area contributed by atoms with Gasteiger partial charge in [0.25, 0.3) is 5.91 Å². The first kappa shape index (κ1) is 16.5. The van der Waals surface area contributed by atoms with Gasteiger partial charge in [-0.05, 0) is 25.0 Å². The number of imide groups is 1. The molecule has 0 aliphatic heterocycles. The number of benzene rings is 1. The molecule has 122 valence electrons. The Balaban J connectivity index is 1.74. The standard InChI is InChI=1S/C16H18N2O5/c1-22-13-5-3-2-4-11(13)6-9-15(20)23-10-14(19)18-16(21)17-12-7-8-12/h2-6,9,12H,7-8,10H2,1H3,(H2,17,18,19,21)/b9-6+. The maximum atomic E-state index is 11.6. The van der Waals surface area contributed by atoms with E-state index in [9.17, 15) is 14.4 Å². The molecule has 3 amide bonds. The van der Waals surface area contributed by atoms with Crippen LogP contribution in [0.25, 0.3) is 6.08 Å². The lowest BCUT2D eigenvalue weighted by Crippen LogP contribution is -2.42. The van der Waals surface area contributed by atoms with Crippen LogP contribution in [0.3, 0.4) is 0 Å². The molecule has 7 heteroatoms. The van der Waals surface area contributed by atoms with Crippen molar-refractivity contribution in [2.24, 2.45) is 0 Å². The lowest BCUT2D eigenvalue weighted by atomic mass is 10.2. The number of hydrogen-bond acceptors (Lipinski definition) is 5. The largest absolute Gasteiger partial charge is 0.496 e. The summed E-state index contributed by atoms with van der Waals surface area (Å²) in [7, 11) is 1.53. The fourth-order valence-corrected chi connectivity index (χ4v) is 1.76. The minimum atomic E-state index is -0.686. The van der Waals surface area contributed by atoms with Gasteiger partial charge in [0.15, 0.2) is 6.61 Å². The van der Waals surface area contributed by atoms with Gasteiger partial charge in [-0.25, -0.2) is 9.59 Å². The molecule has 1 aliphatic carbocycles. The summed E-state index contributed by atoms with van der Waals surface area (Å²) in [6.45, 7) is -0.521. The zero-order valence-corrected chi connectivity index (χ0v) is 12.7. The number of para-hydroxylation sites is 1. The first-order valence-corrected chi connectivity index (χ1v) is 7.16. The summed E-state index contributed by atoms with van der Waals surface area (Å²) in [6.07, 6.45) is 4.56. The number of rotatable bonds is 6. The number of carbonyl (C=O) groups is 3. The van der Waals surface area contributed by atoms with E-state index in [1.54, 1.807) is 18.2 Å². The second kappa shape index (κ2) is 7.98. The van der Waals surface area contributed by atoms with Crippen molar-refractivity contribution in [1.29, 1.82) is 0 Å².